The van der Waals surface area contributed by atoms with Crippen LogP contribution in [0.1, 0.15) is 38.8 Å². The molecule has 0 unspecified atom stereocenters. The maximum Gasteiger partial charge on any atom is 0.264 e. The normalized spacial score (nSPS) is 11.5. The first-order valence-corrected chi connectivity index (χ1v) is 13.3. The summed E-state index contributed by atoms with van der Waals surface area (Å²) < 4.78 is 51.1. The molecule has 0 aliphatic rings. The lowest BCUT2D eigenvalue weighted by Crippen LogP contribution is -2.34. The molecule has 0 aliphatic carbocycles. The third-order valence-corrected chi connectivity index (χ3v) is 6.74. The molecular formula is C22H26N4O6S3. The van der Waals surface area contributed by atoms with E-state index in [9.17, 15) is 26.4 Å². The fraction of sp³-hybridized carbons (Fsp3) is 0.227. The van der Waals surface area contributed by atoms with Crippen molar-refractivity contribution < 1.29 is 26.4 Å². The number of hydrogen-bond acceptors (Lipinski definition) is 7. The van der Waals surface area contributed by atoms with Crippen LogP contribution >= 0.6 is 12.2 Å². The monoisotopic (exact) mass is 538 g/mol. The molecule has 188 valence electrons. The average Bonchev–Trinajstić information content (AvgIpc) is 2.71. The quantitative estimate of drug-likeness (QED) is 0.194. The molecule has 10 nitrogen and oxygen atoms in total. The van der Waals surface area contributed by atoms with E-state index in [1.807, 2.05) is 18.6 Å². The minimum Gasteiger partial charge on any atom is -0.360 e. The minimum absolute atomic E-state index is 0.0542. The van der Waals surface area contributed by atoms with Gasteiger partial charge >= 0.3 is 0 Å². The highest BCUT2D eigenvalue weighted by molar-refractivity contribution is 7.90. The van der Waals surface area contributed by atoms with E-state index in [-0.39, 0.29) is 38.0 Å². The Balaban J connectivity index is 2.53. The molecule has 2 aromatic rings. The molecule has 0 atom stereocenters. The predicted molar refractivity (Wildman–Crippen MR) is 140 cm³/mol. The van der Waals surface area contributed by atoms with E-state index in [0.29, 0.717) is 11.4 Å². The van der Waals surface area contributed by atoms with E-state index < -0.39 is 26.6 Å². The highest BCUT2D eigenvalue weighted by atomic mass is 32.2. The van der Waals surface area contributed by atoms with Crippen LogP contribution in [0.25, 0.3) is 12.2 Å². The summed E-state index contributed by atoms with van der Waals surface area (Å²) in [4.78, 5) is 22.5. The topological polar surface area (TPSA) is 151 Å². The Bertz CT molecular complexity index is 1360. The summed E-state index contributed by atoms with van der Waals surface area (Å²) >= 11 is 5.20. The first kappa shape index (κ1) is 28.0. The summed E-state index contributed by atoms with van der Waals surface area (Å²) in [6.07, 6.45) is 2.84. The van der Waals surface area contributed by atoms with E-state index in [2.05, 4.69) is 16.0 Å². The first-order valence-electron chi connectivity index (χ1n) is 10.3. The number of carbonyl (C=O) groups excluding carboxylic acids is 2. The van der Waals surface area contributed by atoms with E-state index in [1.54, 1.807) is 6.07 Å². The maximum absolute atomic E-state index is 12.8. The molecule has 4 N–H and O–H groups in total. The summed E-state index contributed by atoms with van der Waals surface area (Å²) in [6, 6.07) is 8.76. The molecule has 0 aromatic heterocycles. The molecule has 2 aromatic carbocycles. The number of hydrogen-bond donors (Lipinski definition) is 5. The van der Waals surface area contributed by atoms with Gasteiger partial charge < -0.3 is 16.0 Å². The van der Waals surface area contributed by atoms with Crippen LogP contribution in [-0.4, -0.2) is 39.8 Å². The lowest BCUT2D eigenvalue weighted by Gasteiger charge is -2.15. The van der Waals surface area contributed by atoms with Gasteiger partial charge in [-0.3, -0.25) is 9.59 Å². The Morgan fingerprint density at radius 2 is 1.49 bits per heavy atom. The van der Waals surface area contributed by atoms with Crippen LogP contribution in [0.4, 0.5) is 11.4 Å². The van der Waals surface area contributed by atoms with Crippen molar-refractivity contribution >= 4 is 73.4 Å². The van der Waals surface area contributed by atoms with Gasteiger partial charge in [0.1, 0.15) is 0 Å². The fourth-order valence-corrected chi connectivity index (χ4v) is 5.13. The second kappa shape index (κ2) is 11.9. The van der Waals surface area contributed by atoms with Crippen LogP contribution in [0, 0.1) is 0 Å². The van der Waals surface area contributed by atoms with Gasteiger partial charge in [-0.15, -0.1) is 0 Å². The number of carbonyl (C=O) groups is 2. The van der Waals surface area contributed by atoms with Crippen molar-refractivity contribution in [2.45, 2.75) is 43.5 Å². The molecule has 0 saturated heterocycles. The van der Waals surface area contributed by atoms with Crippen LogP contribution in [0.3, 0.4) is 0 Å². The van der Waals surface area contributed by atoms with E-state index in [1.165, 1.54) is 49.4 Å². The molecule has 0 fully saturated rings. The van der Waals surface area contributed by atoms with Gasteiger partial charge in [-0.1, -0.05) is 24.3 Å². The smallest absolute Gasteiger partial charge is 0.264 e. The SMILES string of the molecule is CC(=O)Nc1ccc(/C=C/c2ccc(NC(=S)NC(C)C)cc2S(=O)(=O)NC(C)=O)c([SH](=O)=O)c1. The van der Waals surface area contributed by atoms with Crippen molar-refractivity contribution in [1.82, 2.24) is 10.0 Å². The zero-order chi connectivity index (χ0) is 26.3. The Morgan fingerprint density at radius 1 is 0.914 bits per heavy atom. The molecule has 0 radical (unpaired) electrons. The van der Waals surface area contributed by atoms with Gasteiger partial charge in [0.2, 0.25) is 11.8 Å². The molecule has 0 saturated carbocycles. The highest BCUT2D eigenvalue weighted by Crippen LogP contribution is 2.25. The Hall–Kier alpha value is -3.29. The highest BCUT2D eigenvalue weighted by Gasteiger charge is 2.20. The minimum atomic E-state index is -4.24. The Morgan fingerprint density at radius 3 is 2.03 bits per heavy atom. The van der Waals surface area contributed by atoms with Crippen LogP contribution in [0.15, 0.2) is 46.2 Å². The molecular weight excluding hydrogens is 512 g/mol. The van der Waals surface area contributed by atoms with E-state index in [0.717, 1.165) is 6.92 Å². The number of sulfonamides is 1. The van der Waals surface area contributed by atoms with Crippen LogP contribution in [0.5, 0.6) is 0 Å². The van der Waals surface area contributed by atoms with Gasteiger partial charge in [0.15, 0.2) is 15.8 Å². The van der Waals surface area contributed by atoms with Crippen LogP contribution in [-0.2, 0) is 30.3 Å². The predicted octanol–water partition coefficient (Wildman–Crippen LogP) is 2.31. The number of rotatable bonds is 8. The maximum atomic E-state index is 12.8. The molecule has 13 heteroatoms. The lowest BCUT2D eigenvalue weighted by molar-refractivity contribution is -0.117. The van der Waals surface area contributed by atoms with Gasteiger partial charge in [0.05, 0.1) is 9.79 Å². The van der Waals surface area contributed by atoms with Crippen LogP contribution < -0.4 is 20.7 Å². The van der Waals surface area contributed by atoms with Gasteiger partial charge in [0, 0.05) is 31.3 Å². The molecule has 0 spiro atoms. The number of thiocarbonyl (C=S) groups is 1. The van der Waals surface area contributed by atoms with E-state index in [4.69, 9.17) is 12.2 Å². The summed E-state index contributed by atoms with van der Waals surface area (Å²) in [5.41, 5.74) is 1.15. The van der Waals surface area contributed by atoms with Crippen molar-refractivity contribution in [3.8, 4) is 0 Å². The summed E-state index contributed by atoms with van der Waals surface area (Å²) in [7, 11) is -7.26. The number of thiol groups is 1. The van der Waals surface area contributed by atoms with Crippen molar-refractivity contribution in [1.29, 1.82) is 0 Å². The van der Waals surface area contributed by atoms with Crippen molar-refractivity contribution in [2.75, 3.05) is 10.6 Å². The zero-order valence-corrected chi connectivity index (χ0v) is 21.9. The van der Waals surface area contributed by atoms with Gasteiger partial charge in [-0.25, -0.2) is 21.6 Å². The molecule has 2 amide bonds. The lowest BCUT2D eigenvalue weighted by atomic mass is 10.1. The third-order valence-electron chi connectivity index (χ3n) is 4.25. The average molecular weight is 539 g/mol. The zero-order valence-electron chi connectivity index (χ0n) is 19.4. The van der Waals surface area contributed by atoms with Crippen molar-refractivity contribution in [3.63, 3.8) is 0 Å². The molecule has 0 aliphatic heterocycles. The molecule has 0 heterocycles. The number of anilines is 2. The van der Waals surface area contributed by atoms with Gasteiger partial charge in [-0.05, 0) is 61.5 Å². The standard InChI is InChI=1S/C22H26N4O6S3/c1-13(2)23-22(33)25-19-10-8-17(21(12-19)35(31,32)26-15(4)28)6-5-16-7-9-18(24-14(3)27)11-20(16)34(29)30/h5-13,34H,1-4H3,(H,24,27)(H,26,28)(H2,23,25,33)/b6-5+. The van der Waals surface area contributed by atoms with Crippen molar-refractivity contribution in [2.24, 2.45) is 0 Å². The van der Waals surface area contributed by atoms with Gasteiger partial charge in [-0.2, -0.15) is 0 Å². The second-order valence-electron chi connectivity index (χ2n) is 7.71. The van der Waals surface area contributed by atoms with Crippen molar-refractivity contribution in [3.05, 3.63) is 47.5 Å². The first-order chi connectivity index (χ1) is 16.3. The summed E-state index contributed by atoms with van der Waals surface area (Å²) in [6.45, 7) is 6.15. The third kappa shape index (κ3) is 8.46. The fourth-order valence-electron chi connectivity index (χ4n) is 2.96. The molecule has 35 heavy (non-hydrogen) atoms. The second-order valence-corrected chi connectivity index (χ2v) is 10.8. The Kier molecular flexibility index (Phi) is 9.51. The van der Waals surface area contributed by atoms with Gasteiger partial charge in [0.25, 0.3) is 10.0 Å². The number of nitrogens with one attached hydrogen (secondary N) is 4. The largest absolute Gasteiger partial charge is 0.360 e. The Labute approximate surface area is 211 Å². The number of amides is 2. The number of benzene rings is 2. The molecule has 2 rings (SSSR count). The van der Waals surface area contributed by atoms with E-state index >= 15 is 0 Å². The summed E-state index contributed by atoms with van der Waals surface area (Å²) in [5, 5.41) is 8.67. The molecule has 0 bridgehead atoms. The summed E-state index contributed by atoms with van der Waals surface area (Å²) in [5.74, 6) is -1.13. The van der Waals surface area contributed by atoms with Crippen LogP contribution in [0.2, 0.25) is 0 Å².